The van der Waals surface area contributed by atoms with Crippen molar-refractivity contribution in [2.75, 3.05) is 17.8 Å². The van der Waals surface area contributed by atoms with E-state index in [1.165, 1.54) is 0 Å². The lowest BCUT2D eigenvalue weighted by atomic mass is 10.2. The summed E-state index contributed by atoms with van der Waals surface area (Å²) in [4.78, 5) is 11.7. The molecule has 3 N–H and O–H groups in total. The first-order chi connectivity index (χ1) is 10.2. The molecule has 0 saturated carbocycles. The monoisotopic (exact) mass is 286 g/mol. The Bertz CT molecular complexity index is 655. The summed E-state index contributed by atoms with van der Waals surface area (Å²) in [6.45, 7) is 0.370. The Balaban J connectivity index is 1.55. The number of hydrogen-bond donors (Lipinski definition) is 2. The van der Waals surface area contributed by atoms with Crippen LogP contribution in [0.5, 0.6) is 11.5 Å². The van der Waals surface area contributed by atoms with Crippen LogP contribution >= 0.6 is 0 Å². The minimum absolute atomic E-state index is 0.150. The number of nitrogens with two attached hydrogens (primary N) is 1. The third kappa shape index (κ3) is 3.17. The zero-order valence-electron chi connectivity index (χ0n) is 11.2. The summed E-state index contributed by atoms with van der Waals surface area (Å²) >= 11 is 0. The van der Waals surface area contributed by atoms with Crippen molar-refractivity contribution in [2.45, 2.75) is 6.61 Å². The van der Waals surface area contributed by atoms with Gasteiger partial charge < -0.3 is 19.9 Å². The van der Waals surface area contributed by atoms with E-state index in [0.717, 1.165) is 5.56 Å². The van der Waals surface area contributed by atoms with E-state index in [9.17, 15) is 4.79 Å². The Morgan fingerprint density at radius 3 is 2.71 bits per heavy atom. The van der Waals surface area contributed by atoms with E-state index in [2.05, 4.69) is 5.32 Å². The second-order valence-corrected chi connectivity index (χ2v) is 4.51. The Kier molecular flexibility index (Phi) is 3.51. The molecular formula is C15H14N2O4. The summed E-state index contributed by atoms with van der Waals surface area (Å²) in [7, 11) is 0. The van der Waals surface area contributed by atoms with Gasteiger partial charge >= 0.3 is 6.09 Å². The Morgan fingerprint density at radius 1 is 1.14 bits per heavy atom. The molecule has 2 aromatic rings. The standard InChI is InChI=1S/C15H14N2O4/c16-11-2-4-12(5-3-11)17-15(18)19-8-10-1-6-13-14(7-10)21-9-20-13/h1-7H,8-9,16H2,(H,17,18). The molecule has 1 aliphatic heterocycles. The number of carbonyl (C=O) groups is 1. The molecule has 0 unspecified atom stereocenters. The fourth-order valence-corrected chi connectivity index (χ4v) is 1.90. The van der Waals surface area contributed by atoms with Gasteiger partial charge in [0.05, 0.1) is 0 Å². The molecule has 2 aromatic carbocycles. The zero-order valence-corrected chi connectivity index (χ0v) is 11.2. The maximum Gasteiger partial charge on any atom is 0.411 e. The van der Waals surface area contributed by atoms with Gasteiger partial charge in [-0.1, -0.05) is 6.07 Å². The van der Waals surface area contributed by atoms with Crippen molar-refractivity contribution in [3.8, 4) is 11.5 Å². The number of benzene rings is 2. The molecule has 1 heterocycles. The van der Waals surface area contributed by atoms with Gasteiger partial charge in [0.1, 0.15) is 6.61 Å². The molecule has 3 rings (SSSR count). The number of ether oxygens (including phenoxy) is 3. The third-order valence-electron chi connectivity index (χ3n) is 2.96. The van der Waals surface area contributed by atoms with Gasteiger partial charge in [-0.3, -0.25) is 5.32 Å². The van der Waals surface area contributed by atoms with E-state index in [1.54, 1.807) is 36.4 Å². The van der Waals surface area contributed by atoms with Crippen LogP contribution < -0.4 is 20.5 Å². The molecule has 0 saturated heterocycles. The summed E-state index contributed by atoms with van der Waals surface area (Å²) in [5.74, 6) is 1.36. The number of carbonyl (C=O) groups excluding carboxylic acids is 1. The molecule has 108 valence electrons. The first-order valence-electron chi connectivity index (χ1n) is 6.38. The van der Waals surface area contributed by atoms with Crippen LogP contribution in [0, 0.1) is 0 Å². The fourth-order valence-electron chi connectivity index (χ4n) is 1.90. The molecule has 1 amide bonds. The lowest BCUT2D eigenvalue weighted by Gasteiger charge is -2.07. The van der Waals surface area contributed by atoms with E-state index in [0.29, 0.717) is 22.9 Å². The molecule has 6 nitrogen and oxygen atoms in total. The van der Waals surface area contributed by atoms with Crippen molar-refractivity contribution in [1.82, 2.24) is 0 Å². The maximum absolute atomic E-state index is 11.7. The lowest BCUT2D eigenvalue weighted by Crippen LogP contribution is -2.13. The van der Waals surface area contributed by atoms with Crippen molar-refractivity contribution in [3.05, 3.63) is 48.0 Å². The summed E-state index contributed by atoms with van der Waals surface area (Å²) < 4.78 is 15.6. The van der Waals surface area contributed by atoms with E-state index < -0.39 is 6.09 Å². The number of amides is 1. The number of rotatable bonds is 3. The number of anilines is 2. The van der Waals surface area contributed by atoms with Gasteiger partial charge in [0.2, 0.25) is 6.79 Å². The van der Waals surface area contributed by atoms with Gasteiger partial charge in [-0.25, -0.2) is 4.79 Å². The zero-order chi connectivity index (χ0) is 14.7. The average molecular weight is 286 g/mol. The molecule has 6 heteroatoms. The van der Waals surface area contributed by atoms with Crippen molar-refractivity contribution < 1.29 is 19.0 Å². The maximum atomic E-state index is 11.7. The number of fused-ring (bicyclic) bond motifs is 1. The van der Waals surface area contributed by atoms with E-state index >= 15 is 0 Å². The van der Waals surface area contributed by atoms with Crippen LogP contribution in [0.15, 0.2) is 42.5 Å². The first-order valence-corrected chi connectivity index (χ1v) is 6.38. The van der Waals surface area contributed by atoms with E-state index in [1.807, 2.05) is 6.07 Å². The normalized spacial score (nSPS) is 12.0. The Morgan fingerprint density at radius 2 is 1.90 bits per heavy atom. The van der Waals surface area contributed by atoms with Crippen molar-refractivity contribution in [3.63, 3.8) is 0 Å². The van der Waals surface area contributed by atoms with Crippen LogP contribution in [-0.4, -0.2) is 12.9 Å². The van der Waals surface area contributed by atoms with Gasteiger partial charge in [-0.15, -0.1) is 0 Å². The summed E-state index contributed by atoms with van der Waals surface area (Å²) in [5.41, 5.74) is 7.65. The first kappa shape index (κ1) is 13.1. The molecule has 0 bridgehead atoms. The summed E-state index contributed by atoms with van der Waals surface area (Å²) in [5, 5.41) is 2.62. The summed E-state index contributed by atoms with van der Waals surface area (Å²) in [6, 6.07) is 12.2. The van der Waals surface area contributed by atoms with Crippen LogP contribution in [0.3, 0.4) is 0 Å². The van der Waals surface area contributed by atoms with E-state index in [-0.39, 0.29) is 13.4 Å². The highest BCUT2D eigenvalue weighted by Crippen LogP contribution is 2.32. The SMILES string of the molecule is Nc1ccc(NC(=O)OCc2ccc3c(c2)OCO3)cc1. The summed E-state index contributed by atoms with van der Waals surface area (Å²) in [6.07, 6.45) is -0.530. The van der Waals surface area contributed by atoms with Crippen molar-refractivity contribution >= 4 is 17.5 Å². The molecule has 0 aliphatic carbocycles. The van der Waals surface area contributed by atoms with Crippen molar-refractivity contribution in [1.29, 1.82) is 0 Å². The lowest BCUT2D eigenvalue weighted by molar-refractivity contribution is 0.154. The molecule has 0 radical (unpaired) electrons. The minimum Gasteiger partial charge on any atom is -0.454 e. The smallest absolute Gasteiger partial charge is 0.411 e. The van der Waals surface area contributed by atoms with Gasteiger partial charge in [0.25, 0.3) is 0 Å². The van der Waals surface area contributed by atoms with Gasteiger partial charge in [-0.2, -0.15) is 0 Å². The largest absolute Gasteiger partial charge is 0.454 e. The molecule has 0 aromatic heterocycles. The highest BCUT2D eigenvalue weighted by atomic mass is 16.7. The van der Waals surface area contributed by atoms with Crippen LogP contribution in [-0.2, 0) is 11.3 Å². The van der Waals surface area contributed by atoms with Gasteiger partial charge in [-0.05, 0) is 42.0 Å². The Labute approximate surface area is 121 Å². The topological polar surface area (TPSA) is 82.8 Å². The third-order valence-corrected chi connectivity index (χ3v) is 2.96. The van der Waals surface area contributed by atoms with Crippen LogP contribution in [0.4, 0.5) is 16.2 Å². The van der Waals surface area contributed by atoms with Crippen LogP contribution in [0.1, 0.15) is 5.56 Å². The molecular weight excluding hydrogens is 272 g/mol. The average Bonchev–Trinajstić information content (AvgIpc) is 2.95. The molecule has 0 atom stereocenters. The predicted octanol–water partition coefficient (Wildman–Crippen LogP) is 2.75. The number of nitrogens with one attached hydrogen (secondary N) is 1. The van der Waals surface area contributed by atoms with Crippen LogP contribution in [0.2, 0.25) is 0 Å². The van der Waals surface area contributed by atoms with Gasteiger partial charge in [0, 0.05) is 11.4 Å². The van der Waals surface area contributed by atoms with Crippen LogP contribution in [0.25, 0.3) is 0 Å². The highest BCUT2D eigenvalue weighted by molar-refractivity contribution is 5.84. The fraction of sp³-hybridized carbons (Fsp3) is 0.133. The van der Waals surface area contributed by atoms with Crippen molar-refractivity contribution in [2.24, 2.45) is 0 Å². The predicted molar refractivity (Wildman–Crippen MR) is 77.2 cm³/mol. The molecule has 1 aliphatic rings. The van der Waals surface area contributed by atoms with E-state index in [4.69, 9.17) is 19.9 Å². The highest BCUT2D eigenvalue weighted by Gasteiger charge is 2.13. The minimum atomic E-state index is -0.530. The second kappa shape index (κ2) is 5.62. The van der Waals surface area contributed by atoms with Gasteiger partial charge in [0.15, 0.2) is 11.5 Å². The number of hydrogen-bond acceptors (Lipinski definition) is 5. The number of nitrogen functional groups attached to an aromatic ring is 1. The quantitative estimate of drug-likeness (QED) is 0.848. The molecule has 0 fully saturated rings. The Hall–Kier alpha value is -2.89. The molecule has 21 heavy (non-hydrogen) atoms. The molecule has 0 spiro atoms. The second-order valence-electron chi connectivity index (χ2n) is 4.51.